The summed E-state index contributed by atoms with van der Waals surface area (Å²) >= 11 is 7.52. The van der Waals surface area contributed by atoms with E-state index in [1.165, 1.54) is 3.57 Å². The molecule has 0 bridgehead atoms. The van der Waals surface area contributed by atoms with Gasteiger partial charge >= 0.3 is 0 Å². The van der Waals surface area contributed by atoms with Gasteiger partial charge < -0.3 is 5.32 Å². The van der Waals surface area contributed by atoms with Gasteiger partial charge in [-0.3, -0.25) is 0 Å². The molecular weight excluding hydrogens is 437 g/mol. The number of aromatic nitrogens is 2. The van der Waals surface area contributed by atoms with Gasteiger partial charge in [0.1, 0.15) is 10.0 Å². The van der Waals surface area contributed by atoms with Crippen LogP contribution in [0.1, 0.15) is 31.3 Å². The summed E-state index contributed by atoms with van der Waals surface area (Å²) in [7, 11) is 0. The van der Waals surface area contributed by atoms with Crippen LogP contribution in [0.3, 0.4) is 0 Å². The average molecular weight is 452 g/mol. The highest BCUT2D eigenvalue weighted by Gasteiger charge is 2.16. The zero-order valence-corrected chi connectivity index (χ0v) is 15.3. The summed E-state index contributed by atoms with van der Waals surface area (Å²) in [5.41, 5.74) is 1.14. The summed E-state index contributed by atoms with van der Waals surface area (Å²) in [5, 5.41) is 14.2. The lowest BCUT2D eigenvalue weighted by Gasteiger charge is -2.11. The monoisotopic (exact) mass is 451 g/mol. The van der Waals surface area contributed by atoms with Crippen molar-refractivity contribution in [3.63, 3.8) is 0 Å². The molecule has 6 heteroatoms. The van der Waals surface area contributed by atoms with Crippen molar-refractivity contribution in [3.8, 4) is 10.6 Å². The molecule has 0 spiro atoms. The fraction of sp³-hybridized carbons (Fsp3) is 0.385. The van der Waals surface area contributed by atoms with E-state index in [1.807, 2.05) is 6.07 Å². The van der Waals surface area contributed by atoms with E-state index in [1.54, 1.807) is 11.3 Å². The maximum Gasteiger partial charge on any atom is 0.148 e. The lowest BCUT2D eigenvalue weighted by Crippen LogP contribution is -2.19. The van der Waals surface area contributed by atoms with Crippen LogP contribution in [-0.2, 0) is 0 Å². The molecule has 19 heavy (non-hydrogen) atoms. The standard InChI is InChI=1S/C13H15BrIN3S/c1-3-11(16-4-2)13-18-17-12(19-13)9-7-8(14)5-6-10(9)15/h5-7,11,16H,3-4H2,1-2H3. The Kier molecular flexibility index (Phi) is 5.73. The summed E-state index contributed by atoms with van der Waals surface area (Å²) in [6.45, 7) is 5.22. The smallest absolute Gasteiger partial charge is 0.148 e. The average Bonchev–Trinajstić information content (AvgIpc) is 2.88. The van der Waals surface area contributed by atoms with Crippen LogP contribution in [0.4, 0.5) is 0 Å². The van der Waals surface area contributed by atoms with Gasteiger partial charge in [-0.2, -0.15) is 0 Å². The third kappa shape index (κ3) is 3.74. The molecule has 1 atom stereocenters. The molecule has 3 nitrogen and oxygen atoms in total. The Morgan fingerprint density at radius 1 is 1.37 bits per heavy atom. The third-order valence-corrected chi connectivity index (χ3v) is 5.26. The molecule has 0 saturated carbocycles. The molecule has 0 aliphatic heterocycles. The second-order valence-electron chi connectivity index (χ2n) is 4.09. The van der Waals surface area contributed by atoms with Crippen LogP contribution in [0.25, 0.3) is 10.6 Å². The summed E-state index contributed by atoms with van der Waals surface area (Å²) in [4.78, 5) is 0. The fourth-order valence-corrected chi connectivity index (χ4v) is 3.97. The van der Waals surface area contributed by atoms with Crippen LogP contribution in [-0.4, -0.2) is 16.7 Å². The van der Waals surface area contributed by atoms with Gasteiger partial charge in [0.25, 0.3) is 0 Å². The maximum absolute atomic E-state index is 4.34. The molecule has 0 aliphatic rings. The van der Waals surface area contributed by atoms with E-state index < -0.39 is 0 Å². The molecule has 1 aromatic carbocycles. The van der Waals surface area contributed by atoms with E-state index in [0.29, 0.717) is 6.04 Å². The first kappa shape index (κ1) is 15.3. The number of hydrogen-bond donors (Lipinski definition) is 1. The van der Waals surface area contributed by atoms with Crippen LogP contribution < -0.4 is 5.32 Å². The summed E-state index contributed by atoms with van der Waals surface area (Å²) < 4.78 is 2.26. The Morgan fingerprint density at radius 3 is 2.84 bits per heavy atom. The fourth-order valence-electron chi connectivity index (χ4n) is 1.80. The summed E-state index contributed by atoms with van der Waals surface area (Å²) in [6.07, 6.45) is 1.03. The minimum atomic E-state index is 0.307. The highest BCUT2D eigenvalue weighted by Crippen LogP contribution is 2.32. The van der Waals surface area contributed by atoms with Gasteiger partial charge in [-0.25, -0.2) is 0 Å². The first-order valence-corrected chi connectivity index (χ1v) is 8.86. The molecule has 2 rings (SSSR count). The predicted molar refractivity (Wildman–Crippen MR) is 92.5 cm³/mol. The molecule has 1 heterocycles. The minimum Gasteiger partial charge on any atom is -0.308 e. The van der Waals surface area contributed by atoms with E-state index in [4.69, 9.17) is 0 Å². The largest absolute Gasteiger partial charge is 0.308 e. The van der Waals surface area contributed by atoms with Gasteiger partial charge in [-0.1, -0.05) is 41.1 Å². The van der Waals surface area contributed by atoms with Gasteiger partial charge in [0.2, 0.25) is 0 Å². The van der Waals surface area contributed by atoms with Crippen LogP contribution in [0.15, 0.2) is 22.7 Å². The summed E-state index contributed by atoms with van der Waals surface area (Å²) in [6, 6.07) is 6.53. The van der Waals surface area contributed by atoms with Crippen molar-refractivity contribution < 1.29 is 0 Å². The molecule has 2 aromatic rings. The number of benzene rings is 1. The third-order valence-electron chi connectivity index (χ3n) is 2.76. The van der Waals surface area contributed by atoms with Crippen molar-refractivity contribution in [3.05, 3.63) is 31.2 Å². The maximum atomic E-state index is 4.34. The highest BCUT2D eigenvalue weighted by atomic mass is 127. The second-order valence-corrected chi connectivity index (χ2v) is 7.18. The normalized spacial score (nSPS) is 12.6. The topological polar surface area (TPSA) is 37.8 Å². The van der Waals surface area contributed by atoms with Gasteiger partial charge in [-0.05, 0) is 53.8 Å². The molecular formula is C13H15BrIN3S. The van der Waals surface area contributed by atoms with E-state index in [9.17, 15) is 0 Å². The summed E-state index contributed by atoms with van der Waals surface area (Å²) in [5.74, 6) is 0. The Bertz CT molecular complexity index is 559. The van der Waals surface area contributed by atoms with Crippen molar-refractivity contribution in [2.75, 3.05) is 6.54 Å². The van der Waals surface area contributed by atoms with E-state index >= 15 is 0 Å². The van der Waals surface area contributed by atoms with Crippen LogP contribution in [0.2, 0.25) is 0 Å². The van der Waals surface area contributed by atoms with Crippen LogP contribution in [0.5, 0.6) is 0 Å². The van der Waals surface area contributed by atoms with Crippen molar-refractivity contribution >= 4 is 49.9 Å². The molecule has 0 saturated heterocycles. The minimum absolute atomic E-state index is 0.307. The zero-order valence-electron chi connectivity index (χ0n) is 10.8. The van der Waals surface area contributed by atoms with Crippen molar-refractivity contribution in [1.82, 2.24) is 15.5 Å². The van der Waals surface area contributed by atoms with E-state index in [-0.39, 0.29) is 0 Å². The molecule has 0 amide bonds. The molecule has 102 valence electrons. The predicted octanol–water partition coefficient (Wildman–Crippen LogP) is 4.63. The number of halogens is 2. The van der Waals surface area contributed by atoms with Crippen molar-refractivity contribution in [2.24, 2.45) is 0 Å². The lowest BCUT2D eigenvalue weighted by atomic mass is 10.2. The van der Waals surface area contributed by atoms with Gasteiger partial charge in [0.05, 0.1) is 6.04 Å². The van der Waals surface area contributed by atoms with Crippen molar-refractivity contribution in [2.45, 2.75) is 26.3 Å². The Labute approximate surface area is 139 Å². The first-order chi connectivity index (χ1) is 9.15. The molecule has 1 N–H and O–H groups in total. The van der Waals surface area contributed by atoms with E-state index in [2.05, 4.69) is 80.0 Å². The number of nitrogens with zero attached hydrogens (tertiary/aromatic N) is 2. The first-order valence-electron chi connectivity index (χ1n) is 6.17. The Hall–Kier alpha value is -0.0500. The Balaban J connectivity index is 2.32. The molecule has 0 radical (unpaired) electrons. The van der Waals surface area contributed by atoms with Gasteiger partial charge in [0.15, 0.2) is 0 Å². The SMILES string of the molecule is CCNC(CC)c1nnc(-c2cc(Br)ccc2I)s1. The van der Waals surface area contributed by atoms with Gasteiger partial charge in [-0.15, -0.1) is 10.2 Å². The molecule has 0 fully saturated rings. The highest BCUT2D eigenvalue weighted by molar-refractivity contribution is 14.1. The van der Waals surface area contributed by atoms with Crippen molar-refractivity contribution in [1.29, 1.82) is 0 Å². The zero-order chi connectivity index (χ0) is 13.8. The lowest BCUT2D eigenvalue weighted by molar-refractivity contribution is 0.531. The second kappa shape index (κ2) is 7.10. The number of nitrogens with one attached hydrogen (secondary N) is 1. The molecule has 1 unspecified atom stereocenters. The molecule has 1 aromatic heterocycles. The number of hydrogen-bond acceptors (Lipinski definition) is 4. The van der Waals surface area contributed by atoms with Gasteiger partial charge in [0, 0.05) is 13.6 Å². The Morgan fingerprint density at radius 2 is 2.16 bits per heavy atom. The van der Waals surface area contributed by atoms with Crippen LogP contribution >= 0.6 is 49.9 Å². The number of rotatable bonds is 5. The quantitative estimate of drug-likeness (QED) is 0.673. The van der Waals surface area contributed by atoms with Crippen LogP contribution in [0, 0.1) is 3.57 Å². The molecule has 0 aliphatic carbocycles. The van der Waals surface area contributed by atoms with E-state index in [0.717, 1.165) is 33.0 Å².